The molecule has 0 unspecified atom stereocenters. The number of nitriles is 1. The second kappa shape index (κ2) is 6.76. The lowest BCUT2D eigenvalue weighted by Crippen LogP contribution is -2.00. The molecule has 4 heteroatoms. The van der Waals surface area contributed by atoms with Crippen LogP contribution in [-0.2, 0) is 24.4 Å². The van der Waals surface area contributed by atoms with E-state index in [9.17, 15) is 9.65 Å². The Balaban J connectivity index is 2.20. The van der Waals surface area contributed by atoms with Gasteiger partial charge in [0.1, 0.15) is 11.9 Å². The van der Waals surface area contributed by atoms with Crippen molar-refractivity contribution in [1.29, 1.82) is 5.26 Å². The third kappa shape index (κ3) is 2.88. The Labute approximate surface area is 143 Å². The van der Waals surface area contributed by atoms with Gasteiger partial charge in [-0.3, -0.25) is 0 Å². The van der Waals surface area contributed by atoms with E-state index in [4.69, 9.17) is 4.74 Å². The number of alkyl halides is 1. The first-order valence-corrected chi connectivity index (χ1v) is 8.74. The van der Waals surface area contributed by atoms with Gasteiger partial charge in [0.2, 0.25) is 0 Å². The van der Waals surface area contributed by atoms with Gasteiger partial charge in [0.05, 0.1) is 18.8 Å². The zero-order chi connectivity index (χ0) is 15.5. The average Bonchev–Trinajstić information content (AvgIpc) is 3.00. The van der Waals surface area contributed by atoms with Crippen LogP contribution in [0.2, 0.25) is 0 Å². The highest BCUT2D eigenvalue weighted by Crippen LogP contribution is 2.36. The predicted octanol–water partition coefficient (Wildman–Crippen LogP) is 4.76. The molecule has 0 spiro atoms. The summed E-state index contributed by atoms with van der Waals surface area (Å²) >= 11 is 2.35. The molecule has 0 aromatic heterocycles. The smallest absolute Gasteiger partial charge is 0.123 e. The first-order valence-electron chi connectivity index (χ1n) is 7.22. The molecular weight excluding hydrogens is 392 g/mol. The van der Waals surface area contributed by atoms with E-state index in [1.54, 1.807) is 12.1 Å². The lowest BCUT2D eigenvalue weighted by atomic mass is 9.87. The molecule has 1 aliphatic heterocycles. The van der Waals surface area contributed by atoms with Crippen molar-refractivity contribution in [1.82, 2.24) is 0 Å². The summed E-state index contributed by atoms with van der Waals surface area (Å²) in [6, 6.07) is 10.8. The van der Waals surface area contributed by atoms with Gasteiger partial charge in [-0.05, 0) is 51.7 Å². The van der Waals surface area contributed by atoms with Crippen molar-refractivity contribution in [3.8, 4) is 17.2 Å². The number of rotatable bonds is 4. The van der Waals surface area contributed by atoms with E-state index < -0.39 is 0 Å². The lowest BCUT2D eigenvalue weighted by molar-refractivity contribution is 0.134. The zero-order valence-corrected chi connectivity index (χ0v) is 14.2. The molecule has 0 atom stereocenters. The van der Waals surface area contributed by atoms with Crippen LogP contribution in [0, 0.1) is 17.1 Å². The Kier molecular flexibility index (Phi) is 4.74. The Bertz CT molecular complexity index is 734. The molecule has 2 aromatic carbocycles. The number of hydrogen-bond acceptors (Lipinski definition) is 2. The Morgan fingerprint density at radius 2 is 2.00 bits per heavy atom. The average molecular weight is 407 g/mol. The van der Waals surface area contributed by atoms with Crippen LogP contribution in [0.25, 0.3) is 11.1 Å². The summed E-state index contributed by atoms with van der Waals surface area (Å²) < 4.78 is 19.8. The van der Waals surface area contributed by atoms with Crippen LogP contribution in [0.1, 0.15) is 28.7 Å². The third-order valence-corrected chi connectivity index (χ3v) is 4.70. The maximum Gasteiger partial charge on any atom is 0.123 e. The van der Waals surface area contributed by atoms with Crippen molar-refractivity contribution in [3.63, 3.8) is 0 Å². The molecule has 2 nitrogen and oxygen atoms in total. The summed E-state index contributed by atoms with van der Waals surface area (Å²) in [5.41, 5.74) is 5.81. The highest BCUT2D eigenvalue weighted by atomic mass is 127. The molecule has 2 aromatic rings. The normalized spacial score (nSPS) is 13.0. The van der Waals surface area contributed by atoms with Gasteiger partial charge >= 0.3 is 0 Å². The van der Waals surface area contributed by atoms with Crippen LogP contribution in [0.15, 0.2) is 30.3 Å². The Morgan fingerprint density at radius 1 is 1.23 bits per heavy atom. The van der Waals surface area contributed by atoms with Crippen LogP contribution in [0.5, 0.6) is 0 Å². The van der Waals surface area contributed by atoms with E-state index >= 15 is 0 Å². The quantitative estimate of drug-likeness (QED) is 0.541. The number of nitrogens with zero attached hydrogens (tertiary/aromatic N) is 1. The van der Waals surface area contributed by atoms with Crippen molar-refractivity contribution in [3.05, 3.63) is 58.4 Å². The molecular formula is C18H15FINO. The molecule has 22 heavy (non-hydrogen) atoms. The van der Waals surface area contributed by atoms with E-state index in [1.165, 1.54) is 12.1 Å². The molecule has 0 radical (unpaired) electrons. The number of aryl methyl sites for hydroxylation is 1. The molecule has 0 N–H and O–H groups in total. The van der Waals surface area contributed by atoms with Gasteiger partial charge in [-0.1, -0.05) is 40.8 Å². The van der Waals surface area contributed by atoms with Crippen molar-refractivity contribution in [2.75, 3.05) is 4.43 Å². The summed E-state index contributed by atoms with van der Waals surface area (Å²) in [4.78, 5) is 0. The monoisotopic (exact) mass is 407 g/mol. The fourth-order valence-corrected chi connectivity index (χ4v) is 3.30. The molecule has 0 aliphatic carbocycles. The van der Waals surface area contributed by atoms with Gasteiger partial charge < -0.3 is 4.74 Å². The van der Waals surface area contributed by atoms with E-state index in [0.717, 1.165) is 45.1 Å². The van der Waals surface area contributed by atoms with E-state index in [2.05, 4.69) is 34.7 Å². The van der Waals surface area contributed by atoms with Gasteiger partial charge in [-0.15, -0.1) is 0 Å². The summed E-state index contributed by atoms with van der Waals surface area (Å²) in [6.07, 6.45) is 1.92. The second-order valence-corrected chi connectivity index (χ2v) is 6.41. The number of hydrogen-bond donors (Lipinski definition) is 0. The van der Waals surface area contributed by atoms with Gasteiger partial charge in [0, 0.05) is 5.56 Å². The highest BCUT2D eigenvalue weighted by molar-refractivity contribution is 14.1. The minimum atomic E-state index is -0.267. The number of halogens is 2. The molecule has 1 aliphatic rings. The van der Waals surface area contributed by atoms with Crippen LogP contribution in [0.4, 0.5) is 4.39 Å². The fraction of sp³-hybridized carbons (Fsp3) is 0.278. The van der Waals surface area contributed by atoms with Crippen LogP contribution in [-0.4, -0.2) is 4.43 Å². The molecule has 1 heterocycles. The van der Waals surface area contributed by atoms with Crippen molar-refractivity contribution >= 4 is 22.6 Å². The Hall–Kier alpha value is -1.45. The first-order chi connectivity index (χ1) is 10.7. The lowest BCUT2D eigenvalue weighted by Gasteiger charge is -2.14. The summed E-state index contributed by atoms with van der Waals surface area (Å²) in [5.74, 6) is -0.267. The topological polar surface area (TPSA) is 33.0 Å². The van der Waals surface area contributed by atoms with Crippen LogP contribution in [0.3, 0.4) is 0 Å². The number of ether oxygens (including phenoxy) is 1. The van der Waals surface area contributed by atoms with E-state index in [-0.39, 0.29) is 5.82 Å². The molecule has 0 bridgehead atoms. The SMILES string of the molecule is N#Cc1c(CCCI)cc2c(c1-c1ccc(F)cc1)COC2. The van der Waals surface area contributed by atoms with E-state index in [0.29, 0.717) is 18.8 Å². The van der Waals surface area contributed by atoms with E-state index in [1.807, 2.05) is 0 Å². The van der Waals surface area contributed by atoms with Gasteiger partial charge in [0.15, 0.2) is 0 Å². The molecule has 0 amide bonds. The minimum Gasteiger partial charge on any atom is -0.372 e. The van der Waals surface area contributed by atoms with Crippen molar-refractivity contribution < 1.29 is 9.13 Å². The molecule has 112 valence electrons. The summed E-state index contributed by atoms with van der Waals surface area (Å²) in [7, 11) is 0. The largest absolute Gasteiger partial charge is 0.372 e. The minimum absolute atomic E-state index is 0.267. The Morgan fingerprint density at radius 3 is 2.68 bits per heavy atom. The second-order valence-electron chi connectivity index (χ2n) is 5.33. The molecule has 0 saturated heterocycles. The standard InChI is InChI=1S/C18H15FINO/c19-15-5-3-12(4-6-15)18-16(9-21)13(2-1-7-20)8-14-10-22-11-17(14)18/h3-6,8H,1-2,7,10-11H2. The maximum absolute atomic E-state index is 13.2. The zero-order valence-electron chi connectivity index (χ0n) is 12.0. The maximum atomic E-state index is 13.2. The van der Waals surface area contributed by atoms with Gasteiger partial charge in [0.25, 0.3) is 0 Å². The number of fused-ring (bicyclic) bond motifs is 1. The molecule has 3 rings (SSSR count). The van der Waals surface area contributed by atoms with Gasteiger partial charge in [-0.25, -0.2) is 4.39 Å². The van der Waals surface area contributed by atoms with Gasteiger partial charge in [-0.2, -0.15) is 5.26 Å². The molecule has 0 saturated carbocycles. The highest BCUT2D eigenvalue weighted by Gasteiger charge is 2.22. The first kappa shape index (κ1) is 15.4. The van der Waals surface area contributed by atoms with Crippen LogP contribution >= 0.6 is 22.6 Å². The number of benzene rings is 2. The predicted molar refractivity (Wildman–Crippen MR) is 92.3 cm³/mol. The summed E-state index contributed by atoms with van der Waals surface area (Å²) in [5, 5.41) is 9.68. The fourth-order valence-electron chi connectivity index (χ4n) is 2.92. The van der Waals surface area contributed by atoms with Crippen molar-refractivity contribution in [2.45, 2.75) is 26.1 Å². The summed E-state index contributed by atoms with van der Waals surface area (Å²) in [6.45, 7) is 1.11. The van der Waals surface area contributed by atoms with Crippen LogP contribution < -0.4 is 0 Å². The molecule has 0 fully saturated rings. The van der Waals surface area contributed by atoms with Crippen molar-refractivity contribution in [2.24, 2.45) is 0 Å². The third-order valence-electron chi connectivity index (χ3n) is 3.94.